The summed E-state index contributed by atoms with van der Waals surface area (Å²) in [5.41, 5.74) is 7.34. The second-order valence-electron chi connectivity index (χ2n) is 6.37. The van der Waals surface area contributed by atoms with Crippen molar-refractivity contribution in [3.63, 3.8) is 0 Å². The summed E-state index contributed by atoms with van der Waals surface area (Å²) < 4.78 is 13.5. The number of nitrogen functional groups attached to an aromatic ring is 1. The number of amidine groups is 1. The molecule has 1 aromatic carbocycles. The summed E-state index contributed by atoms with van der Waals surface area (Å²) in [5, 5.41) is 20.1. The van der Waals surface area contributed by atoms with Crippen molar-refractivity contribution in [1.29, 1.82) is 5.41 Å². The molecule has 2 atom stereocenters. The molecule has 0 saturated heterocycles. The fourth-order valence-corrected chi connectivity index (χ4v) is 2.66. The number of esters is 1. The van der Waals surface area contributed by atoms with Crippen LogP contribution >= 0.6 is 0 Å². The van der Waals surface area contributed by atoms with Gasteiger partial charge in [0.25, 0.3) is 0 Å². The number of nitrogens with two attached hydrogens (primary N) is 1. The molecule has 11 nitrogen and oxygen atoms in total. The van der Waals surface area contributed by atoms with Crippen molar-refractivity contribution in [3.8, 4) is 0 Å². The van der Waals surface area contributed by atoms with Crippen molar-refractivity contribution < 1.29 is 20.5 Å². The van der Waals surface area contributed by atoms with E-state index in [1.54, 1.807) is 25.1 Å². The van der Waals surface area contributed by atoms with Gasteiger partial charge in [0, 0.05) is 30.3 Å². The number of aromatic nitrogens is 3. The molecular formula is C19H25N7O4. The highest BCUT2D eigenvalue weighted by Crippen LogP contribution is 2.15. The van der Waals surface area contributed by atoms with Gasteiger partial charge in [0.1, 0.15) is 5.84 Å². The Bertz CT molecular complexity index is 947. The van der Waals surface area contributed by atoms with Gasteiger partial charge in [-0.05, 0) is 37.6 Å². The Morgan fingerprint density at radius 3 is 2.67 bits per heavy atom. The number of aryl methyl sites for hydroxylation is 1. The SMILES string of the molecule is [2H]C(C)OC(=O)C(CNC(=O)CCC(=O)Nc1ccc(C(=N)N)c(C)c1)n1ccnn1. The van der Waals surface area contributed by atoms with Crippen LogP contribution in [0.1, 0.15) is 38.3 Å². The fourth-order valence-electron chi connectivity index (χ4n) is 2.66. The summed E-state index contributed by atoms with van der Waals surface area (Å²) >= 11 is 0. The van der Waals surface area contributed by atoms with Crippen LogP contribution in [-0.2, 0) is 19.1 Å². The van der Waals surface area contributed by atoms with E-state index in [-0.39, 0.29) is 31.1 Å². The monoisotopic (exact) mass is 416 g/mol. The predicted molar refractivity (Wildman–Crippen MR) is 109 cm³/mol. The van der Waals surface area contributed by atoms with Crippen LogP contribution in [0.4, 0.5) is 5.69 Å². The number of hydrogen-bond acceptors (Lipinski definition) is 7. The average Bonchev–Trinajstić information content (AvgIpc) is 3.20. The number of hydrogen-bond donors (Lipinski definition) is 4. The van der Waals surface area contributed by atoms with Gasteiger partial charge >= 0.3 is 5.97 Å². The van der Waals surface area contributed by atoms with Gasteiger partial charge in [-0.25, -0.2) is 9.48 Å². The van der Waals surface area contributed by atoms with E-state index in [1.807, 2.05) is 0 Å². The molecule has 160 valence electrons. The van der Waals surface area contributed by atoms with Crippen LogP contribution in [0, 0.1) is 12.3 Å². The maximum Gasteiger partial charge on any atom is 0.332 e. The summed E-state index contributed by atoms with van der Waals surface area (Å²) in [6.45, 7) is 1.98. The minimum Gasteiger partial charge on any atom is -0.464 e. The minimum absolute atomic E-state index is 0.0580. The van der Waals surface area contributed by atoms with E-state index in [4.69, 9.17) is 17.3 Å². The molecule has 0 bridgehead atoms. The number of benzene rings is 1. The third-order valence-electron chi connectivity index (χ3n) is 4.14. The first kappa shape index (κ1) is 21.0. The first-order valence-corrected chi connectivity index (χ1v) is 9.17. The molecule has 2 unspecified atom stereocenters. The molecular weight excluding hydrogens is 390 g/mol. The smallest absolute Gasteiger partial charge is 0.332 e. The lowest BCUT2D eigenvalue weighted by molar-refractivity contribution is -0.147. The average molecular weight is 416 g/mol. The van der Waals surface area contributed by atoms with Crippen LogP contribution in [0.15, 0.2) is 30.6 Å². The summed E-state index contributed by atoms with van der Waals surface area (Å²) in [6.07, 6.45) is 2.66. The predicted octanol–water partition coefficient (Wildman–Crippen LogP) is 0.510. The number of carbonyl (C=O) groups is 3. The molecule has 1 aromatic heterocycles. The fraction of sp³-hybridized carbons (Fsp3) is 0.368. The van der Waals surface area contributed by atoms with Gasteiger partial charge in [-0.15, -0.1) is 5.10 Å². The van der Waals surface area contributed by atoms with Crippen molar-refractivity contribution in [3.05, 3.63) is 41.7 Å². The van der Waals surface area contributed by atoms with E-state index in [0.29, 0.717) is 11.3 Å². The number of amides is 2. The van der Waals surface area contributed by atoms with Crippen molar-refractivity contribution in [1.82, 2.24) is 20.3 Å². The van der Waals surface area contributed by atoms with Crippen LogP contribution in [0.3, 0.4) is 0 Å². The Morgan fingerprint density at radius 2 is 2.07 bits per heavy atom. The van der Waals surface area contributed by atoms with Crippen molar-refractivity contribution >= 4 is 29.3 Å². The topological polar surface area (TPSA) is 165 Å². The molecule has 5 N–H and O–H groups in total. The zero-order valence-corrected chi connectivity index (χ0v) is 16.7. The molecule has 2 aromatic rings. The summed E-state index contributed by atoms with van der Waals surface area (Å²) in [4.78, 5) is 36.4. The Hall–Kier alpha value is -3.76. The molecule has 0 saturated carbocycles. The molecule has 30 heavy (non-hydrogen) atoms. The Morgan fingerprint density at radius 1 is 1.33 bits per heavy atom. The number of rotatable bonds is 10. The van der Waals surface area contributed by atoms with Gasteiger partial charge < -0.3 is 21.1 Å². The van der Waals surface area contributed by atoms with Crippen molar-refractivity contribution in [2.24, 2.45) is 5.73 Å². The molecule has 11 heteroatoms. The van der Waals surface area contributed by atoms with Gasteiger partial charge in [-0.2, -0.15) is 0 Å². The Balaban J connectivity index is 1.84. The maximum atomic E-state index is 12.2. The summed E-state index contributed by atoms with van der Waals surface area (Å²) in [6, 6.07) is 3.98. The molecule has 2 rings (SSSR count). The standard InChI is InChI=1S/C19H25N7O4/c1-3-30-19(29)15(26-9-8-23-25-26)11-22-16(27)6-7-17(28)24-13-4-5-14(18(20)21)12(2)10-13/h4-5,8-10,15H,3,6-7,11H2,1-2H3,(H3,20,21)(H,22,27)(H,24,28)/i3D. The molecule has 2 amide bonds. The highest BCUT2D eigenvalue weighted by atomic mass is 16.5. The first-order chi connectivity index (χ1) is 14.7. The zero-order valence-electron chi connectivity index (χ0n) is 17.7. The highest BCUT2D eigenvalue weighted by Gasteiger charge is 2.23. The molecule has 0 aliphatic heterocycles. The first-order valence-electron chi connectivity index (χ1n) is 9.75. The van der Waals surface area contributed by atoms with Crippen LogP contribution < -0.4 is 16.4 Å². The third kappa shape index (κ3) is 6.40. The lowest BCUT2D eigenvalue weighted by Gasteiger charge is -2.16. The molecule has 1 heterocycles. The number of ether oxygens (including phenoxy) is 1. The van der Waals surface area contributed by atoms with Gasteiger partial charge in [-0.1, -0.05) is 5.21 Å². The van der Waals surface area contributed by atoms with Gasteiger partial charge in [-0.3, -0.25) is 15.0 Å². The van der Waals surface area contributed by atoms with E-state index in [2.05, 4.69) is 20.9 Å². The van der Waals surface area contributed by atoms with E-state index in [1.165, 1.54) is 24.0 Å². The second kappa shape index (κ2) is 10.7. The molecule has 0 aliphatic carbocycles. The second-order valence-corrected chi connectivity index (χ2v) is 6.37. The van der Waals surface area contributed by atoms with Gasteiger partial charge in [0.2, 0.25) is 11.8 Å². The zero-order chi connectivity index (χ0) is 23.0. The largest absolute Gasteiger partial charge is 0.464 e. The molecule has 0 spiro atoms. The van der Waals surface area contributed by atoms with Crippen LogP contribution in [0.2, 0.25) is 0 Å². The summed E-state index contributed by atoms with van der Waals surface area (Å²) in [5.74, 6) is -1.58. The Kier molecular flexibility index (Phi) is 7.47. The molecule has 0 aliphatic rings. The number of nitrogens with zero attached hydrogens (tertiary/aromatic N) is 3. The van der Waals surface area contributed by atoms with E-state index in [9.17, 15) is 14.4 Å². The lowest BCUT2D eigenvalue weighted by Crippen LogP contribution is -2.36. The number of carbonyl (C=O) groups excluding carboxylic acids is 3. The highest BCUT2D eigenvalue weighted by molar-refractivity contribution is 5.98. The van der Waals surface area contributed by atoms with Crippen LogP contribution in [-0.4, -0.2) is 51.7 Å². The Labute approximate surface area is 174 Å². The normalized spacial score (nSPS) is 12.9. The molecule has 0 radical (unpaired) electrons. The maximum absolute atomic E-state index is 12.2. The quantitative estimate of drug-likeness (QED) is 0.249. The lowest BCUT2D eigenvalue weighted by atomic mass is 10.1. The third-order valence-corrected chi connectivity index (χ3v) is 4.14. The van der Waals surface area contributed by atoms with Gasteiger partial charge in [0.15, 0.2) is 6.04 Å². The number of anilines is 1. The van der Waals surface area contributed by atoms with Crippen molar-refractivity contribution in [2.45, 2.75) is 32.7 Å². The summed E-state index contributed by atoms with van der Waals surface area (Å²) in [7, 11) is 0. The van der Waals surface area contributed by atoms with Gasteiger partial charge in [0.05, 0.1) is 20.7 Å². The van der Waals surface area contributed by atoms with Crippen LogP contribution in [0.25, 0.3) is 0 Å². The van der Waals surface area contributed by atoms with E-state index >= 15 is 0 Å². The van der Waals surface area contributed by atoms with E-state index in [0.717, 1.165) is 5.56 Å². The van der Waals surface area contributed by atoms with Crippen LogP contribution in [0.5, 0.6) is 0 Å². The van der Waals surface area contributed by atoms with E-state index < -0.39 is 24.5 Å². The minimum atomic E-state index is -1.06. The van der Waals surface area contributed by atoms with Crippen molar-refractivity contribution in [2.75, 3.05) is 18.4 Å². The molecule has 0 fully saturated rings. The number of nitrogens with one attached hydrogen (secondary N) is 3.